The monoisotopic (exact) mass is 204 g/mol. The fourth-order valence-corrected chi connectivity index (χ4v) is 2.54. The summed E-state index contributed by atoms with van der Waals surface area (Å²) in [5.74, 6) is 0.852. The van der Waals surface area contributed by atoms with Crippen LogP contribution in [0.15, 0.2) is 20.2 Å². The second-order valence-corrected chi connectivity index (χ2v) is 4.35. The van der Waals surface area contributed by atoms with Crippen LogP contribution in [0.5, 0.6) is 0 Å². The highest BCUT2D eigenvalue weighted by Gasteiger charge is 2.20. The van der Waals surface area contributed by atoms with Gasteiger partial charge < -0.3 is 4.74 Å². The second-order valence-electron chi connectivity index (χ2n) is 2.72. The normalized spacial score (nSPS) is 28.5. The zero-order chi connectivity index (χ0) is 8.55. The molecule has 0 aromatic carbocycles. The van der Waals surface area contributed by atoms with Crippen molar-refractivity contribution >= 4 is 26.5 Å². The van der Waals surface area contributed by atoms with E-state index in [-0.39, 0.29) is 0 Å². The van der Waals surface area contributed by atoms with Gasteiger partial charge in [0.05, 0.1) is 18.0 Å². The van der Waals surface area contributed by atoms with E-state index in [2.05, 4.69) is 8.76 Å². The Hall–Kier alpha value is -0.350. The molecule has 0 spiro atoms. The quantitative estimate of drug-likeness (QED) is 0.597. The SMILES string of the molecule is CC1=C2OCCCC2=NS(Cl)=N1. The molecule has 0 aromatic heterocycles. The average Bonchev–Trinajstić information content (AvgIpc) is 2.04. The summed E-state index contributed by atoms with van der Waals surface area (Å²) in [6.45, 7) is 2.69. The van der Waals surface area contributed by atoms with Crippen molar-refractivity contribution in [2.24, 2.45) is 8.76 Å². The van der Waals surface area contributed by atoms with Gasteiger partial charge in [0.25, 0.3) is 0 Å². The molecule has 0 aromatic rings. The van der Waals surface area contributed by atoms with Gasteiger partial charge in [0, 0.05) is 0 Å². The van der Waals surface area contributed by atoms with Crippen molar-refractivity contribution in [1.82, 2.24) is 0 Å². The zero-order valence-corrected chi connectivity index (χ0v) is 8.28. The molecule has 0 radical (unpaired) electrons. The van der Waals surface area contributed by atoms with Crippen molar-refractivity contribution in [2.75, 3.05) is 6.61 Å². The minimum absolute atomic E-state index is 0.691. The molecule has 2 heterocycles. The van der Waals surface area contributed by atoms with E-state index in [0.29, 0.717) is 0 Å². The number of halogens is 1. The molecule has 0 amide bonds. The third-order valence-corrected chi connectivity index (χ3v) is 3.00. The van der Waals surface area contributed by atoms with Crippen LogP contribution in [0, 0.1) is 0 Å². The molecule has 0 aliphatic carbocycles. The summed E-state index contributed by atoms with van der Waals surface area (Å²) in [4.78, 5) is 0. The molecular formula is C7H9ClN2OS. The summed E-state index contributed by atoms with van der Waals surface area (Å²) < 4.78 is 13.8. The summed E-state index contributed by atoms with van der Waals surface area (Å²) in [6, 6.07) is 0. The standard InChI is InChI=1S/C7H9ClN2OS/c1-5-7-6(3-2-4-11-7)10-12(8)9-5/h2-4H2,1H3. The molecule has 1 fully saturated rings. The summed E-state index contributed by atoms with van der Waals surface area (Å²) in [7, 11) is 5.12. The molecule has 2 rings (SSSR count). The Morgan fingerprint density at radius 3 is 3.25 bits per heavy atom. The molecule has 0 N–H and O–H groups in total. The topological polar surface area (TPSA) is 34.0 Å². The number of rotatable bonds is 0. The Morgan fingerprint density at radius 2 is 2.42 bits per heavy atom. The van der Waals surface area contributed by atoms with E-state index >= 15 is 0 Å². The molecule has 66 valence electrons. The van der Waals surface area contributed by atoms with Crippen LogP contribution in [0.3, 0.4) is 0 Å². The number of hydrogen-bond acceptors (Lipinski definition) is 3. The van der Waals surface area contributed by atoms with Crippen molar-refractivity contribution in [3.05, 3.63) is 11.5 Å². The zero-order valence-electron chi connectivity index (χ0n) is 6.71. The molecule has 1 saturated heterocycles. The second kappa shape index (κ2) is 3.18. The van der Waals surface area contributed by atoms with Crippen LogP contribution in [-0.2, 0) is 14.8 Å². The first kappa shape index (κ1) is 8.26. The fraction of sp³-hybridized carbons (Fsp3) is 0.571. The van der Waals surface area contributed by atoms with Crippen LogP contribution >= 0.6 is 10.7 Å². The van der Waals surface area contributed by atoms with Gasteiger partial charge in [-0.25, -0.2) is 0 Å². The highest BCUT2D eigenvalue weighted by molar-refractivity contribution is 8.09. The minimum atomic E-state index is -0.691. The Bertz CT molecular complexity index is 309. The Kier molecular flexibility index (Phi) is 2.19. The van der Waals surface area contributed by atoms with Gasteiger partial charge in [-0.2, -0.15) is 8.76 Å². The Balaban J connectivity index is 2.42. The third-order valence-electron chi connectivity index (χ3n) is 1.79. The molecule has 2 aliphatic rings. The maximum atomic E-state index is 5.82. The lowest BCUT2D eigenvalue weighted by molar-refractivity contribution is 0.210. The first-order valence-electron chi connectivity index (χ1n) is 3.81. The fourth-order valence-electron chi connectivity index (χ4n) is 1.28. The van der Waals surface area contributed by atoms with Gasteiger partial charge in [-0.05, 0) is 30.4 Å². The Labute approximate surface area is 78.2 Å². The highest BCUT2D eigenvalue weighted by atomic mass is 35.7. The third kappa shape index (κ3) is 1.41. The number of nitrogens with zero attached hydrogens (tertiary/aromatic N) is 2. The van der Waals surface area contributed by atoms with E-state index in [1.807, 2.05) is 6.92 Å². The average molecular weight is 205 g/mol. The molecule has 0 bridgehead atoms. The van der Waals surface area contributed by atoms with E-state index in [1.165, 1.54) is 0 Å². The lowest BCUT2D eigenvalue weighted by Crippen LogP contribution is -2.18. The van der Waals surface area contributed by atoms with Gasteiger partial charge in [0.1, 0.15) is 10.1 Å². The molecule has 1 atom stereocenters. The predicted molar refractivity (Wildman–Crippen MR) is 51.0 cm³/mol. The van der Waals surface area contributed by atoms with Crippen molar-refractivity contribution in [3.63, 3.8) is 0 Å². The van der Waals surface area contributed by atoms with Crippen LogP contribution in [0.2, 0.25) is 0 Å². The largest absolute Gasteiger partial charge is 0.490 e. The summed E-state index contributed by atoms with van der Waals surface area (Å²) >= 11 is 0. The summed E-state index contributed by atoms with van der Waals surface area (Å²) in [5.41, 5.74) is 1.88. The van der Waals surface area contributed by atoms with Crippen LogP contribution in [0.25, 0.3) is 0 Å². The van der Waals surface area contributed by atoms with Gasteiger partial charge in [0.15, 0.2) is 5.76 Å². The van der Waals surface area contributed by atoms with E-state index in [4.69, 9.17) is 15.4 Å². The lowest BCUT2D eigenvalue weighted by atomic mass is 10.1. The first-order chi connectivity index (χ1) is 5.77. The maximum absolute atomic E-state index is 5.82. The maximum Gasteiger partial charge on any atom is 0.163 e. The number of hydrogen-bond donors (Lipinski definition) is 0. The van der Waals surface area contributed by atoms with E-state index in [9.17, 15) is 0 Å². The van der Waals surface area contributed by atoms with Gasteiger partial charge >= 0.3 is 0 Å². The van der Waals surface area contributed by atoms with E-state index in [0.717, 1.165) is 36.6 Å². The lowest BCUT2D eigenvalue weighted by Gasteiger charge is -2.21. The molecule has 5 heteroatoms. The van der Waals surface area contributed by atoms with Gasteiger partial charge in [-0.1, -0.05) is 0 Å². The number of fused-ring (bicyclic) bond motifs is 1. The first-order valence-corrected chi connectivity index (χ1v) is 5.78. The van der Waals surface area contributed by atoms with E-state index in [1.54, 1.807) is 0 Å². The van der Waals surface area contributed by atoms with Gasteiger partial charge in [-0.15, -0.1) is 0 Å². The van der Waals surface area contributed by atoms with E-state index < -0.39 is 10.1 Å². The van der Waals surface area contributed by atoms with Crippen LogP contribution in [-0.4, -0.2) is 12.3 Å². The molecule has 2 aliphatic heterocycles. The molecule has 1 unspecified atom stereocenters. The minimum Gasteiger partial charge on any atom is -0.490 e. The van der Waals surface area contributed by atoms with Crippen molar-refractivity contribution in [3.8, 4) is 0 Å². The van der Waals surface area contributed by atoms with Crippen molar-refractivity contribution in [2.45, 2.75) is 19.8 Å². The summed E-state index contributed by atoms with van der Waals surface area (Å²) in [6.07, 6.45) is 2.00. The molecule has 3 nitrogen and oxygen atoms in total. The number of ether oxygens (including phenoxy) is 1. The molecular weight excluding hydrogens is 196 g/mol. The van der Waals surface area contributed by atoms with Crippen LogP contribution in [0.1, 0.15) is 19.8 Å². The van der Waals surface area contributed by atoms with Crippen LogP contribution < -0.4 is 0 Å². The van der Waals surface area contributed by atoms with Crippen molar-refractivity contribution in [1.29, 1.82) is 0 Å². The summed E-state index contributed by atoms with van der Waals surface area (Å²) in [5, 5.41) is 0. The predicted octanol–water partition coefficient (Wildman–Crippen LogP) is 2.35. The molecule has 0 saturated carbocycles. The molecule has 12 heavy (non-hydrogen) atoms. The van der Waals surface area contributed by atoms with Gasteiger partial charge in [0.2, 0.25) is 0 Å². The Morgan fingerprint density at radius 1 is 1.58 bits per heavy atom. The van der Waals surface area contributed by atoms with Crippen LogP contribution in [0.4, 0.5) is 0 Å². The highest BCUT2D eigenvalue weighted by Crippen LogP contribution is 2.24. The smallest absolute Gasteiger partial charge is 0.163 e. The number of allylic oxidation sites excluding steroid dienone is 2. The van der Waals surface area contributed by atoms with Crippen molar-refractivity contribution < 1.29 is 4.74 Å². The van der Waals surface area contributed by atoms with Gasteiger partial charge in [-0.3, -0.25) is 0 Å².